The summed E-state index contributed by atoms with van der Waals surface area (Å²) in [5, 5.41) is 36.0. The van der Waals surface area contributed by atoms with Crippen LogP contribution in [0.4, 0.5) is 0 Å². The average Bonchev–Trinajstić information content (AvgIpc) is 2.79. The topological polar surface area (TPSA) is 234 Å². The Hall–Kier alpha value is -3.71. The first-order valence-corrected chi connectivity index (χ1v) is 11.4. The molecule has 0 aliphatic heterocycles. The Balaban J connectivity index is 3.10. The number of carboxylic acids is 1. The number of carbonyl (C=O) groups excluding carboxylic acids is 4. The molecule has 0 aliphatic rings. The minimum Gasteiger partial charge on any atom is -0.508 e. The number of phenolic OH excluding ortho intramolecular Hbond substituents is 1. The van der Waals surface area contributed by atoms with E-state index in [0.29, 0.717) is 5.56 Å². The summed E-state index contributed by atoms with van der Waals surface area (Å²) in [6.45, 7) is 4.41. The van der Waals surface area contributed by atoms with Crippen molar-refractivity contribution in [1.29, 1.82) is 0 Å². The molecule has 0 bridgehead atoms. The highest BCUT2D eigenvalue weighted by atomic mass is 16.4. The number of hydrogen-bond donors (Lipinski definition) is 8. The van der Waals surface area contributed by atoms with Crippen molar-refractivity contribution in [3.05, 3.63) is 29.8 Å². The van der Waals surface area contributed by atoms with Gasteiger partial charge in [0, 0.05) is 12.8 Å². The highest BCUT2D eigenvalue weighted by Gasteiger charge is 2.33. The van der Waals surface area contributed by atoms with Crippen molar-refractivity contribution in [2.75, 3.05) is 0 Å². The summed E-state index contributed by atoms with van der Waals surface area (Å²) in [7, 11) is 0. The number of carbonyl (C=O) groups is 5. The molecule has 0 aliphatic carbocycles. The summed E-state index contributed by atoms with van der Waals surface area (Å²) in [5.74, 6) is -4.94. The molecule has 10 N–H and O–H groups in total. The van der Waals surface area contributed by atoms with Crippen LogP contribution in [0.25, 0.3) is 0 Å². The molecule has 1 aromatic rings. The van der Waals surface area contributed by atoms with Crippen LogP contribution in [0.1, 0.15) is 39.2 Å². The van der Waals surface area contributed by atoms with Gasteiger partial charge in [0.2, 0.25) is 23.6 Å². The molecular formula is C23H35N5O8. The molecule has 0 radical (unpaired) electrons. The molecule has 0 heterocycles. The summed E-state index contributed by atoms with van der Waals surface area (Å²) in [6.07, 6.45) is -1.68. The van der Waals surface area contributed by atoms with Crippen molar-refractivity contribution in [2.45, 2.75) is 70.3 Å². The van der Waals surface area contributed by atoms with Gasteiger partial charge in [-0.25, -0.2) is 4.79 Å². The number of benzene rings is 1. The Morgan fingerprint density at radius 1 is 0.889 bits per heavy atom. The van der Waals surface area contributed by atoms with Crippen LogP contribution in [0.2, 0.25) is 0 Å². The molecule has 13 heteroatoms. The molecule has 36 heavy (non-hydrogen) atoms. The van der Waals surface area contributed by atoms with E-state index in [1.54, 1.807) is 13.8 Å². The highest BCUT2D eigenvalue weighted by molar-refractivity contribution is 5.94. The highest BCUT2D eigenvalue weighted by Crippen LogP contribution is 2.12. The van der Waals surface area contributed by atoms with Crippen molar-refractivity contribution >= 4 is 29.6 Å². The number of primary amides is 1. The predicted molar refractivity (Wildman–Crippen MR) is 128 cm³/mol. The summed E-state index contributed by atoms with van der Waals surface area (Å²) in [5.41, 5.74) is 11.4. The number of amides is 4. The Kier molecular flexibility index (Phi) is 11.8. The maximum absolute atomic E-state index is 13.1. The third kappa shape index (κ3) is 9.88. The van der Waals surface area contributed by atoms with Crippen LogP contribution in [0.5, 0.6) is 5.75 Å². The number of aromatic hydroxyl groups is 1. The minimum absolute atomic E-state index is 0.0127. The number of hydrogen-bond acceptors (Lipinski definition) is 8. The molecule has 0 saturated carbocycles. The molecule has 5 unspecified atom stereocenters. The second kappa shape index (κ2) is 14.0. The fraction of sp³-hybridized carbons (Fsp3) is 0.522. The normalized spacial score (nSPS) is 15.2. The van der Waals surface area contributed by atoms with Gasteiger partial charge in [0.15, 0.2) is 0 Å². The van der Waals surface area contributed by atoms with Crippen molar-refractivity contribution in [2.24, 2.45) is 17.4 Å². The molecule has 0 aromatic heterocycles. The third-order valence-electron chi connectivity index (χ3n) is 5.34. The predicted octanol–water partition coefficient (Wildman–Crippen LogP) is -1.90. The molecule has 0 spiro atoms. The van der Waals surface area contributed by atoms with E-state index in [1.165, 1.54) is 31.2 Å². The second-order valence-electron chi connectivity index (χ2n) is 8.84. The zero-order valence-corrected chi connectivity index (χ0v) is 20.4. The zero-order valence-electron chi connectivity index (χ0n) is 20.4. The maximum atomic E-state index is 13.1. The van der Waals surface area contributed by atoms with Crippen molar-refractivity contribution < 1.29 is 39.3 Å². The monoisotopic (exact) mass is 509 g/mol. The third-order valence-corrected chi connectivity index (χ3v) is 5.34. The minimum atomic E-state index is -1.53. The smallest absolute Gasteiger partial charge is 0.326 e. The molecule has 1 rings (SSSR count). The molecule has 200 valence electrons. The van der Waals surface area contributed by atoms with Crippen molar-refractivity contribution in [3.63, 3.8) is 0 Å². The number of aliphatic carboxylic acids is 1. The zero-order chi connectivity index (χ0) is 27.6. The molecule has 1 aromatic carbocycles. The number of aliphatic hydroxyl groups is 1. The quantitative estimate of drug-likeness (QED) is 0.140. The van der Waals surface area contributed by atoms with Gasteiger partial charge >= 0.3 is 5.97 Å². The number of phenols is 1. The van der Waals surface area contributed by atoms with E-state index in [1.807, 2.05) is 0 Å². The van der Waals surface area contributed by atoms with Crippen molar-refractivity contribution in [1.82, 2.24) is 16.0 Å². The van der Waals surface area contributed by atoms with Gasteiger partial charge in [-0.15, -0.1) is 0 Å². The average molecular weight is 510 g/mol. The van der Waals surface area contributed by atoms with Crippen LogP contribution in [0.3, 0.4) is 0 Å². The number of nitrogens with one attached hydrogen (secondary N) is 3. The van der Waals surface area contributed by atoms with Gasteiger partial charge in [-0.2, -0.15) is 0 Å². The van der Waals surface area contributed by atoms with Gasteiger partial charge in [-0.05, 0) is 37.0 Å². The first kappa shape index (κ1) is 30.3. The number of nitrogens with two attached hydrogens (primary N) is 2. The largest absolute Gasteiger partial charge is 0.508 e. The van der Waals surface area contributed by atoms with E-state index in [2.05, 4.69) is 16.0 Å². The van der Waals surface area contributed by atoms with Crippen LogP contribution >= 0.6 is 0 Å². The van der Waals surface area contributed by atoms with E-state index in [4.69, 9.17) is 11.5 Å². The van der Waals surface area contributed by atoms with Crippen LogP contribution in [0, 0.1) is 5.92 Å². The lowest BCUT2D eigenvalue weighted by atomic mass is 10.0. The fourth-order valence-electron chi connectivity index (χ4n) is 3.20. The lowest BCUT2D eigenvalue weighted by Crippen LogP contribution is -2.60. The Morgan fingerprint density at radius 3 is 1.92 bits per heavy atom. The van der Waals surface area contributed by atoms with Crippen LogP contribution in [-0.2, 0) is 30.4 Å². The lowest BCUT2D eigenvalue weighted by molar-refractivity contribution is -0.144. The van der Waals surface area contributed by atoms with Gasteiger partial charge in [0.05, 0.1) is 12.1 Å². The van der Waals surface area contributed by atoms with Crippen molar-refractivity contribution in [3.8, 4) is 5.75 Å². The van der Waals surface area contributed by atoms with Gasteiger partial charge in [0.1, 0.15) is 23.9 Å². The summed E-state index contributed by atoms with van der Waals surface area (Å²) in [6, 6.07) is 0.611. The Bertz CT molecular complexity index is 935. The van der Waals surface area contributed by atoms with Gasteiger partial charge in [-0.3, -0.25) is 19.2 Å². The standard InChI is InChI=1S/C23H35N5O8/c1-11(2)18(23(35)36)27-22(34)19(12(3)29)28-21(33)16(10-13-4-6-14(30)7-5-13)26-20(32)15(24)8-9-17(25)31/h4-7,11-12,15-16,18-19,29-30H,8-10,24H2,1-3H3,(H2,25,31)(H,26,32)(H,27,34)(H,28,33)(H,35,36). The van der Waals surface area contributed by atoms with Crippen LogP contribution < -0.4 is 27.4 Å². The first-order valence-electron chi connectivity index (χ1n) is 11.4. The second-order valence-corrected chi connectivity index (χ2v) is 8.84. The van der Waals surface area contributed by atoms with Crippen LogP contribution in [0.15, 0.2) is 24.3 Å². The maximum Gasteiger partial charge on any atom is 0.326 e. The fourth-order valence-corrected chi connectivity index (χ4v) is 3.20. The summed E-state index contributed by atoms with van der Waals surface area (Å²) in [4.78, 5) is 60.8. The summed E-state index contributed by atoms with van der Waals surface area (Å²) >= 11 is 0. The van der Waals surface area contributed by atoms with E-state index in [0.717, 1.165) is 0 Å². The van der Waals surface area contributed by atoms with Gasteiger partial charge in [0.25, 0.3) is 0 Å². The Morgan fingerprint density at radius 2 is 1.44 bits per heavy atom. The number of carboxylic acid groups (broad SMARTS) is 1. The van der Waals surface area contributed by atoms with Gasteiger partial charge < -0.3 is 42.7 Å². The molecule has 0 saturated heterocycles. The van der Waals surface area contributed by atoms with Gasteiger partial charge in [-0.1, -0.05) is 26.0 Å². The summed E-state index contributed by atoms with van der Waals surface area (Å²) < 4.78 is 0. The molecular weight excluding hydrogens is 474 g/mol. The van der Waals surface area contributed by atoms with E-state index in [9.17, 15) is 39.3 Å². The van der Waals surface area contributed by atoms with E-state index in [-0.39, 0.29) is 25.0 Å². The van der Waals surface area contributed by atoms with E-state index >= 15 is 0 Å². The number of aliphatic hydroxyl groups excluding tert-OH is 1. The van der Waals surface area contributed by atoms with E-state index < -0.39 is 65.8 Å². The molecule has 13 nitrogen and oxygen atoms in total. The SMILES string of the molecule is CC(C)C(NC(=O)C(NC(=O)C(Cc1ccc(O)cc1)NC(=O)C(N)CCC(N)=O)C(C)O)C(=O)O. The lowest BCUT2D eigenvalue weighted by Gasteiger charge is -2.27. The number of rotatable bonds is 14. The molecule has 4 amide bonds. The molecule has 5 atom stereocenters. The molecule has 0 fully saturated rings. The first-order chi connectivity index (χ1) is 16.7. The Labute approximate surface area is 208 Å². The van der Waals surface area contributed by atoms with Crippen LogP contribution in [-0.4, -0.2) is 75.2 Å².